The van der Waals surface area contributed by atoms with Crippen molar-refractivity contribution in [3.05, 3.63) is 27.1 Å². The van der Waals surface area contributed by atoms with Gasteiger partial charge >= 0.3 is 0 Å². The van der Waals surface area contributed by atoms with Crippen LogP contribution in [0, 0.1) is 19.8 Å². The SMILES string of the molecule is Cc1sc2ncn(CCC(=O)N3CCC[C@H](C)C3)c(=O)c2c1C. The summed E-state index contributed by atoms with van der Waals surface area (Å²) in [6.07, 6.45) is 4.21. The number of carbonyl (C=O) groups excluding carboxylic acids is 1. The summed E-state index contributed by atoms with van der Waals surface area (Å²) in [4.78, 5) is 33.2. The van der Waals surface area contributed by atoms with Gasteiger partial charge in [0.1, 0.15) is 4.83 Å². The number of aryl methyl sites for hydroxylation is 3. The topological polar surface area (TPSA) is 55.2 Å². The first-order valence-electron chi connectivity index (χ1n) is 8.20. The molecule has 0 spiro atoms. The highest BCUT2D eigenvalue weighted by Crippen LogP contribution is 2.25. The van der Waals surface area contributed by atoms with Gasteiger partial charge in [0.05, 0.1) is 11.7 Å². The molecule has 0 unspecified atom stereocenters. The molecule has 6 heteroatoms. The second kappa shape index (κ2) is 6.43. The standard InChI is InChI=1S/C17H23N3O2S/c1-11-5-4-7-19(9-11)14(21)6-8-20-10-18-16-15(17(20)22)12(2)13(3)23-16/h10-11H,4-9H2,1-3H3/t11-/m0/s1. The van der Waals surface area contributed by atoms with E-state index in [9.17, 15) is 9.59 Å². The van der Waals surface area contributed by atoms with E-state index in [1.54, 1.807) is 22.2 Å². The van der Waals surface area contributed by atoms with Crippen molar-refractivity contribution in [2.45, 2.75) is 46.6 Å². The zero-order valence-electron chi connectivity index (χ0n) is 14.0. The van der Waals surface area contributed by atoms with Crippen molar-refractivity contribution < 1.29 is 4.79 Å². The van der Waals surface area contributed by atoms with Crippen LogP contribution in [0.5, 0.6) is 0 Å². The van der Waals surface area contributed by atoms with E-state index >= 15 is 0 Å². The molecule has 1 aliphatic rings. The molecular weight excluding hydrogens is 310 g/mol. The van der Waals surface area contributed by atoms with E-state index in [1.165, 1.54) is 6.42 Å². The molecule has 1 atom stereocenters. The zero-order valence-corrected chi connectivity index (χ0v) is 14.8. The first kappa shape index (κ1) is 16.2. The molecule has 1 saturated heterocycles. The number of piperidine rings is 1. The minimum absolute atomic E-state index is 0.0309. The van der Waals surface area contributed by atoms with Crippen molar-refractivity contribution in [1.29, 1.82) is 0 Å². The average Bonchev–Trinajstić information content (AvgIpc) is 2.82. The lowest BCUT2D eigenvalue weighted by Gasteiger charge is -2.31. The molecule has 0 bridgehead atoms. The summed E-state index contributed by atoms with van der Waals surface area (Å²) in [6.45, 7) is 8.24. The quantitative estimate of drug-likeness (QED) is 0.868. The molecule has 124 valence electrons. The van der Waals surface area contributed by atoms with Crippen molar-refractivity contribution in [1.82, 2.24) is 14.5 Å². The Balaban J connectivity index is 1.74. The van der Waals surface area contributed by atoms with Gasteiger partial charge in [-0.05, 0) is 38.2 Å². The molecule has 0 aliphatic carbocycles. The average molecular weight is 333 g/mol. The fraction of sp³-hybridized carbons (Fsp3) is 0.588. The lowest BCUT2D eigenvalue weighted by molar-refractivity contribution is -0.133. The van der Waals surface area contributed by atoms with Gasteiger partial charge in [-0.1, -0.05) is 6.92 Å². The van der Waals surface area contributed by atoms with Crippen LogP contribution in [0.4, 0.5) is 0 Å². The minimum atomic E-state index is -0.0309. The van der Waals surface area contributed by atoms with Gasteiger partial charge < -0.3 is 4.90 Å². The van der Waals surface area contributed by atoms with Gasteiger partial charge in [0.2, 0.25) is 5.91 Å². The summed E-state index contributed by atoms with van der Waals surface area (Å²) in [6, 6.07) is 0. The maximum absolute atomic E-state index is 12.6. The highest BCUT2D eigenvalue weighted by atomic mass is 32.1. The van der Waals surface area contributed by atoms with E-state index in [0.29, 0.717) is 24.3 Å². The molecule has 0 saturated carbocycles. The Kier molecular flexibility index (Phi) is 4.53. The van der Waals surface area contributed by atoms with Crippen molar-refractivity contribution in [2.75, 3.05) is 13.1 Å². The Hall–Kier alpha value is -1.69. The van der Waals surface area contributed by atoms with Crippen LogP contribution in [0.25, 0.3) is 10.2 Å². The predicted molar refractivity (Wildman–Crippen MR) is 92.9 cm³/mol. The van der Waals surface area contributed by atoms with E-state index in [0.717, 1.165) is 34.8 Å². The second-order valence-electron chi connectivity index (χ2n) is 6.54. The molecule has 1 fully saturated rings. The molecule has 23 heavy (non-hydrogen) atoms. The van der Waals surface area contributed by atoms with E-state index < -0.39 is 0 Å². The first-order valence-corrected chi connectivity index (χ1v) is 9.02. The second-order valence-corrected chi connectivity index (χ2v) is 7.75. The molecule has 3 heterocycles. The van der Waals surface area contributed by atoms with Crippen LogP contribution in [0.3, 0.4) is 0 Å². The van der Waals surface area contributed by atoms with Gasteiger partial charge in [0, 0.05) is 30.9 Å². The molecule has 0 N–H and O–H groups in total. The highest BCUT2D eigenvalue weighted by molar-refractivity contribution is 7.18. The summed E-state index contributed by atoms with van der Waals surface area (Å²) in [5, 5.41) is 0.703. The summed E-state index contributed by atoms with van der Waals surface area (Å²) in [7, 11) is 0. The van der Waals surface area contributed by atoms with Crippen molar-refractivity contribution in [3.8, 4) is 0 Å². The molecular formula is C17H23N3O2S. The third kappa shape index (κ3) is 3.17. The number of likely N-dealkylation sites (tertiary alicyclic amines) is 1. The van der Waals surface area contributed by atoms with E-state index in [-0.39, 0.29) is 11.5 Å². The number of amides is 1. The number of thiophene rings is 1. The van der Waals surface area contributed by atoms with Gasteiger partial charge in [-0.25, -0.2) is 4.98 Å². The van der Waals surface area contributed by atoms with E-state index in [2.05, 4.69) is 11.9 Å². The number of fused-ring (bicyclic) bond motifs is 1. The van der Waals surface area contributed by atoms with Gasteiger partial charge in [0.15, 0.2) is 0 Å². The highest BCUT2D eigenvalue weighted by Gasteiger charge is 2.21. The molecule has 3 rings (SSSR count). The van der Waals surface area contributed by atoms with Crippen LogP contribution >= 0.6 is 11.3 Å². The monoisotopic (exact) mass is 333 g/mol. The molecule has 2 aromatic heterocycles. The van der Waals surface area contributed by atoms with E-state index in [4.69, 9.17) is 0 Å². The van der Waals surface area contributed by atoms with Crippen LogP contribution < -0.4 is 5.56 Å². The Morgan fingerprint density at radius 3 is 2.96 bits per heavy atom. The van der Waals surface area contributed by atoms with Crippen molar-refractivity contribution >= 4 is 27.5 Å². The minimum Gasteiger partial charge on any atom is -0.342 e. The van der Waals surface area contributed by atoms with Crippen LogP contribution in [0.15, 0.2) is 11.1 Å². The molecule has 1 amide bonds. The number of hydrogen-bond donors (Lipinski definition) is 0. The number of carbonyl (C=O) groups is 1. The largest absolute Gasteiger partial charge is 0.342 e. The maximum Gasteiger partial charge on any atom is 0.262 e. The van der Waals surface area contributed by atoms with Crippen LogP contribution in [-0.2, 0) is 11.3 Å². The Morgan fingerprint density at radius 1 is 1.43 bits per heavy atom. The van der Waals surface area contributed by atoms with Gasteiger partial charge in [-0.3, -0.25) is 14.2 Å². The summed E-state index contributed by atoms with van der Waals surface area (Å²) in [5.74, 6) is 0.714. The fourth-order valence-electron chi connectivity index (χ4n) is 3.22. The predicted octanol–water partition coefficient (Wildman–Crippen LogP) is 2.72. The third-order valence-electron chi connectivity index (χ3n) is 4.73. The van der Waals surface area contributed by atoms with Crippen LogP contribution in [0.1, 0.15) is 36.6 Å². The lowest BCUT2D eigenvalue weighted by atomic mass is 10.00. The first-order chi connectivity index (χ1) is 11.0. The molecule has 1 aliphatic heterocycles. The molecule has 2 aromatic rings. The van der Waals surface area contributed by atoms with Crippen molar-refractivity contribution in [2.24, 2.45) is 5.92 Å². The third-order valence-corrected chi connectivity index (χ3v) is 5.85. The van der Waals surface area contributed by atoms with Gasteiger partial charge in [-0.15, -0.1) is 11.3 Å². The van der Waals surface area contributed by atoms with Gasteiger partial charge in [-0.2, -0.15) is 0 Å². The fourth-order valence-corrected chi connectivity index (χ4v) is 4.21. The van der Waals surface area contributed by atoms with Crippen LogP contribution in [-0.4, -0.2) is 33.4 Å². The number of aromatic nitrogens is 2. The maximum atomic E-state index is 12.6. The van der Waals surface area contributed by atoms with Crippen molar-refractivity contribution in [3.63, 3.8) is 0 Å². The number of nitrogens with zero attached hydrogens (tertiary/aromatic N) is 3. The Bertz CT molecular complexity index is 793. The smallest absolute Gasteiger partial charge is 0.262 e. The zero-order chi connectivity index (χ0) is 16.6. The number of hydrogen-bond acceptors (Lipinski definition) is 4. The lowest BCUT2D eigenvalue weighted by Crippen LogP contribution is -2.39. The molecule has 0 aromatic carbocycles. The Labute approximate surface area is 139 Å². The molecule has 0 radical (unpaired) electrons. The number of rotatable bonds is 3. The van der Waals surface area contributed by atoms with Crippen LogP contribution in [0.2, 0.25) is 0 Å². The van der Waals surface area contributed by atoms with E-state index in [1.807, 2.05) is 18.7 Å². The summed E-state index contributed by atoms with van der Waals surface area (Å²) >= 11 is 1.55. The normalized spacial score (nSPS) is 18.6. The summed E-state index contributed by atoms with van der Waals surface area (Å²) < 4.78 is 1.58. The summed E-state index contributed by atoms with van der Waals surface area (Å²) in [5.41, 5.74) is 0.977. The Morgan fingerprint density at radius 2 is 2.22 bits per heavy atom. The molecule has 5 nitrogen and oxygen atoms in total. The van der Waals surface area contributed by atoms with Gasteiger partial charge in [0.25, 0.3) is 5.56 Å².